The van der Waals surface area contributed by atoms with Crippen molar-refractivity contribution in [2.45, 2.75) is 18.9 Å². The summed E-state index contributed by atoms with van der Waals surface area (Å²) in [5.74, 6) is 0.0193. The number of hydrogen-bond donors (Lipinski definition) is 2. The third-order valence-corrected chi connectivity index (χ3v) is 4.51. The zero-order chi connectivity index (χ0) is 16.2. The van der Waals surface area contributed by atoms with E-state index in [4.69, 9.17) is 5.26 Å². The number of amides is 1. The zero-order valence-corrected chi connectivity index (χ0v) is 13.2. The molecule has 118 valence electrons. The van der Waals surface area contributed by atoms with Gasteiger partial charge in [-0.3, -0.25) is 4.79 Å². The molecule has 2 atom stereocenters. The van der Waals surface area contributed by atoms with E-state index in [1.807, 2.05) is 0 Å². The minimum Gasteiger partial charge on any atom is -0.350 e. The average Bonchev–Trinajstić information content (AvgIpc) is 3.16. The minimum absolute atomic E-state index is 0.0193. The summed E-state index contributed by atoms with van der Waals surface area (Å²) >= 11 is 0. The van der Waals surface area contributed by atoms with E-state index in [-0.39, 0.29) is 5.91 Å². The van der Waals surface area contributed by atoms with Gasteiger partial charge in [-0.15, -0.1) is 0 Å². The number of hydrogen-bond acceptors (Lipinski definition) is 2. The second-order valence-electron chi connectivity index (χ2n) is 6.06. The van der Waals surface area contributed by atoms with Gasteiger partial charge in [-0.05, 0) is 36.4 Å². The van der Waals surface area contributed by atoms with E-state index in [2.05, 4.69) is 41.3 Å². The van der Waals surface area contributed by atoms with Gasteiger partial charge in [-0.1, -0.05) is 0 Å². The Hall–Kier alpha value is -2.58. The summed E-state index contributed by atoms with van der Waals surface area (Å²) in [7, 11) is 2.06. The fourth-order valence-electron chi connectivity index (χ4n) is 3.36. The van der Waals surface area contributed by atoms with Crippen LogP contribution in [0.25, 0.3) is 0 Å². The maximum Gasteiger partial charge on any atom is 0.279 e. The summed E-state index contributed by atoms with van der Waals surface area (Å²) in [5.41, 5.74) is 2.63. The molecular formula is C18H21N4O+. The van der Waals surface area contributed by atoms with E-state index in [9.17, 15) is 4.79 Å². The molecule has 0 radical (unpaired) electrons. The number of nitrogens with one attached hydrogen (secondary N) is 2. The number of carbonyl (C=O) groups excluding carboxylic acids is 1. The van der Waals surface area contributed by atoms with E-state index in [0.717, 1.165) is 25.1 Å². The topological polar surface area (TPSA) is 62.3 Å². The Balaban J connectivity index is 1.62. The van der Waals surface area contributed by atoms with Crippen LogP contribution in [-0.2, 0) is 11.8 Å². The fourth-order valence-corrected chi connectivity index (χ4v) is 3.36. The van der Waals surface area contributed by atoms with Crippen LogP contribution < -0.4 is 10.2 Å². The van der Waals surface area contributed by atoms with Gasteiger partial charge in [0, 0.05) is 31.8 Å². The maximum absolute atomic E-state index is 12.3. The highest BCUT2D eigenvalue weighted by Crippen LogP contribution is 2.19. The van der Waals surface area contributed by atoms with Crippen LogP contribution >= 0.6 is 0 Å². The molecule has 0 spiro atoms. The summed E-state index contributed by atoms with van der Waals surface area (Å²) in [6, 6.07) is 13.6. The van der Waals surface area contributed by atoms with Crippen LogP contribution in [0.4, 0.5) is 5.69 Å². The Kier molecular flexibility index (Phi) is 4.45. The molecule has 5 heteroatoms. The lowest BCUT2D eigenvalue weighted by Crippen LogP contribution is -3.11. The first kappa shape index (κ1) is 15.3. The third kappa shape index (κ3) is 3.43. The fraction of sp³-hybridized carbons (Fsp3) is 0.333. The molecule has 5 nitrogen and oxygen atoms in total. The first-order chi connectivity index (χ1) is 11.2. The summed E-state index contributed by atoms with van der Waals surface area (Å²) in [6.07, 6.45) is 4.33. The highest BCUT2D eigenvalue weighted by Gasteiger charge is 2.32. The average molecular weight is 309 g/mol. The van der Waals surface area contributed by atoms with Crippen molar-refractivity contribution in [3.63, 3.8) is 0 Å². The van der Waals surface area contributed by atoms with Crippen molar-refractivity contribution in [1.29, 1.82) is 5.26 Å². The third-order valence-electron chi connectivity index (χ3n) is 4.51. The van der Waals surface area contributed by atoms with E-state index in [0.29, 0.717) is 18.2 Å². The Morgan fingerprint density at radius 1 is 1.39 bits per heavy atom. The van der Waals surface area contributed by atoms with Gasteiger partial charge in [-0.2, -0.15) is 5.26 Å². The second kappa shape index (κ2) is 6.67. The minimum atomic E-state index is 0.0193. The van der Waals surface area contributed by atoms with Gasteiger partial charge in [0.05, 0.1) is 23.9 Å². The van der Waals surface area contributed by atoms with Crippen molar-refractivity contribution in [3.8, 4) is 6.07 Å². The molecule has 1 saturated heterocycles. The number of carbonyl (C=O) groups is 1. The molecule has 1 amide bonds. The predicted octanol–water partition coefficient (Wildman–Crippen LogP) is 1.26. The molecule has 2 N–H and O–H groups in total. The second-order valence-corrected chi connectivity index (χ2v) is 6.06. The standard InChI is InChI=1S/C18H20N4O/c1-21-10-2-4-16(21)17-5-3-11-22(17)13-18(23)20-15-8-6-14(12-19)7-9-15/h2,4,6-10,17H,3,5,11,13H2,1H3,(H,20,23)/p+1/t17-/m0/s1. The van der Waals surface area contributed by atoms with Crippen molar-refractivity contribution in [1.82, 2.24) is 4.57 Å². The molecule has 3 rings (SSSR count). The van der Waals surface area contributed by atoms with Crippen molar-refractivity contribution < 1.29 is 9.69 Å². The van der Waals surface area contributed by atoms with Crippen LogP contribution in [0.2, 0.25) is 0 Å². The smallest absolute Gasteiger partial charge is 0.279 e. The lowest BCUT2D eigenvalue weighted by atomic mass is 10.1. The molecule has 0 bridgehead atoms. The summed E-state index contributed by atoms with van der Waals surface area (Å²) in [6.45, 7) is 1.49. The van der Waals surface area contributed by atoms with Gasteiger partial charge < -0.3 is 14.8 Å². The molecule has 1 aliphatic heterocycles. The molecule has 0 aliphatic carbocycles. The van der Waals surface area contributed by atoms with Crippen LogP contribution in [0.15, 0.2) is 42.6 Å². The summed E-state index contributed by atoms with van der Waals surface area (Å²) < 4.78 is 2.15. The molecule has 23 heavy (non-hydrogen) atoms. The number of rotatable bonds is 4. The lowest BCUT2D eigenvalue weighted by molar-refractivity contribution is -0.910. The summed E-state index contributed by atoms with van der Waals surface area (Å²) in [4.78, 5) is 13.6. The Labute approximate surface area is 136 Å². The van der Waals surface area contributed by atoms with Crippen LogP contribution in [0.5, 0.6) is 0 Å². The number of benzene rings is 1. The van der Waals surface area contributed by atoms with E-state index < -0.39 is 0 Å². The number of aryl methyl sites for hydroxylation is 1. The Morgan fingerprint density at radius 2 is 2.17 bits per heavy atom. The molecular weight excluding hydrogens is 288 g/mol. The van der Waals surface area contributed by atoms with Gasteiger partial charge in [0.25, 0.3) is 5.91 Å². The van der Waals surface area contributed by atoms with Gasteiger partial charge in [0.15, 0.2) is 6.54 Å². The molecule has 2 heterocycles. The number of anilines is 1. The maximum atomic E-state index is 12.3. The molecule has 1 aliphatic rings. The van der Waals surface area contributed by atoms with E-state index in [1.54, 1.807) is 24.3 Å². The molecule has 1 aromatic carbocycles. The van der Waals surface area contributed by atoms with Gasteiger partial charge >= 0.3 is 0 Å². The van der Waals surface area contributed by atoms with E-state index in [1.165, 1.54) is 10.6 Å². The molecule has 1 unspecified atom stereocenters. The summed E-state index contributed by atoms with van der Waals surface area (Å²) in [5, 5.41) is 11.7. The van der Waals surface area contributed by atoms with Crippen LogP contribution in [-0.4, -0.2) is 23.6 Å². The largest absolute Gasteiger partial charge is 0.350 e. The number of nitriles is 1. The highest BCUT2D eigenvalue weighted by atomic mass is 16.2. The lowest BCUT2D eigenvalue weighted by Gasteiger charge is -2.21. The quantitative estimate of drug-likeness (QED) is 0.893. The SMILES string of the molecule is Cn1cccc1[C@@H]1CCC[NH+]1CC(=O)Nc1ccc(C#N)cc1. The Morgan fingerprint density at radius 3 is 2.83 bits per heavy atom. The number of nitrogens with zero attached hydrogens (tertiary/aromatic N) is 2. The first-order valence-electron chi connectivity index (χ1n) is 7.93. The normalized spacial score (nSPS) is 20.2. The van der Waals surface area contributed by atoms with Crippen molar-refractivity contribution in [3.05, 3.63) is 53.9 Å². The van der Waals surface area contributed by atoms with Crippen molar-refractivity contribution in [2.75, 3.05) is 18.4 Å². The van der Waals surface area contributed by atoms with Crippen molar-refractivity contribution in [2.24, 2.45) is 7.05 Å². The predicted molar refractivity (Wildman–Crippen MR) is 87.9 cm³/mol. The van der Waals surface area contributed by atoms with Gasteiger partial charge in [0.2, 0.25) is 0 Å². The number of aromatic nitrogens is 1. The number of likely N-dealkylation sites (tertiary alicyclic amines) is 1. The molecule has 1 fully saturated rings. The van der Waals surface area contributed by atoms with Gasteiger partial charge in [-0.25, -0.2) is 0 Å². The highest BCUT2D eigenvalue weighted by molar-refractivity contribution is 5.91. The first-order valence-corrected chi connectivity index (χ1v) is 7.93. The van der Waals surface area contributed by atoms with E-state index >= 15 is 0 Å². The van der Waals surface area contributed by atoms with Crippen LogP contribution in [0.3, 0.4) is 0 Å². The molecule has 0 saturated carbocycles. The van der Waals surface area contributed by atoms with Crippen LogP contribution in [0, 0.1) is 11.3 Å². The molecule has 1 aromatic heterocycles. The molecule has 2 aromatic rings. The van der Waals surface area contributed by atoms with Gasteiger partial charge in [0.1, 0.15) is 6.04 Å². The zero-order valence-electron chi connectivity index (χ0n) is 13.2. The monoisotopic (exact) mass is 309 g/mol. The van der Waals surface area contributed by atoms with Crippen molar-refractivity contribution >= 4 is 11.6 Å². The van der Waals surface area contributed by atoms with Crippen LogP contribution in [0.1, 0.15) is 30.1 Å². The Bertz CT molecular complexity index is 726. The number of quaternary nitrogens is 1.